The number of aryl methyl sites for hydroxylation is 1. The van der Waals surface area contributed by atoms with Crippen molar-refractivity contribution in [3.05, 3.63) is 88.6 Å². The third-order valence-electron chi connectivity index (χ3n) is 4.21. The summed E-state index contributed by atoms with van der Waals surface area (Å²) in [7, 11) is 0. The zero-order valence-corrected chi connectivity index (χ0v) is 15.0. The van der Waals surface area contributed by atoms with Gasteiger partial charge in [-0.05, 0) is 48.9 Å². The molecule has 0 bridgehead atoms. The normalized spacial score (nSPS) is 10.6. The van der Waals surface area contributed by atoms with Crippen molar-refractivity contribution in [2.75, 3.05) is 5.32 Å². The Bertz CT molecular complexity index is 1220. The van der Waals surface area contributed by atoms with Gasteiger partial charge < -0.3 is 10.1 Å². The van der Waals surface area contributed by atoms with Crippen LogP contribution in [0.2, 0.25) is 0 Å². The summed E-state index contributed by atoms with van der Waals surface area (Å²) in [5.74, 6) is 0.887. The average Bonchev–Trinajstić information content (AvgIpc) is 2.71. The van der Waals surface area contributed by atoms with Gasteiger partial charge in [0.05, 0.1) is 11.6 Å². The molecule has 0 aliphatic carbocycles. The van der Waals surface area contributed by atoms with Crippen molar-refractivity contribution in [2.24, 2.45) is 0 Å². The number of ether oxygens (including phenoxy) is 1. The molecule has 1 amide bonds. The summed E-state index contributed by atoms with van der Waals surface area (Å²) < 4.78 is 5.80. The van der Waals surface area contributed by atoms with Crippen LogP contribution in [0.1, 0.15) is 16.1 Å². The van der Waals surface area contributed by atoms with Crippen LogP contribution < -0.4 is 15.6 Å². The van der Waals surface area contributed by atoms with Crippen LogP contribution in [0.5, 0.6) is 11.5 Å². The topological polar surface area (TPSA) is 97.0 Å². The van der Waals surface area contributed by atoms with Crippen molar-refractivity contribution >= 4 is 22.4 Å². The number of hydrogen-bond acceptors (Lipinski definition) is 5. The Hall–Kier alpha value is -4.00. The lowest BCUT2D eigenvalue weighted by Gasteiger charge is -2.11. The number of carbonyl (C=O) groups excluding carboxylic acids is 1. The number of carbonyl (C=O) groups is 1. The number of nitrogens with one attached hydrogen (secondary N) is 2. The molecular weight excluding hydrogens is 356 g/mol. The molecule has 0 saturated heterocycles. The van der Waals surface area contributed by atoms with Crippen LogP contribution in [0.25, 0.3) is 10.8 Å². The van der Waals surface area contributed by atoms with Gasteiger partial charge >= 0.3 is 0 Å². The maximum Gasteiger partial charge on any atom is 0.276 e. The van der Waals surface area contributed by atoms with E-state index in [4.69, 9.17) is 4.74 Å². The van der Waals surface area contributed by atoms with Crippen molar-refractivity contribution in [1.82, 2.24) is 15.2 Å². The molecule has 28 heavy (non-hydrogen) atoms. The van der Waals surface area contributed by atoms with Crippen molar-refractivity contribution in [3.63, 3.8) is 0 Å². The van der Waals surface area contributed by atoms with Crippen molar-refractivity contribution in [2.45, 2.75) is 6.92 Å². The van der Waals surface area contributed by atoms with E-state index in [-0.39, 0.29) is 11.3 Å². The Morgan fingerprint density at radius 3 is 2.64 bits per heavy atom. The molecule has 4 aromatic rings. The summed E-state index contributed by atoms with van der Waals surface area (Å²) >= 11 is 0. The first-order valence-corrected chi connectivity index (χ1v) is 8.59. The summed E-state index contributed by atoms with van der Waals surface area (Å²) in [6.07, 6.45) is 3.30. The van der Waals surface area contributed by atoms with E-state index in [1.54, 1.807) is 60.9 Å². The Labute approximate surface area is 160 Å². The van der Waals surface area contributed by atoms with Gasteiger partial charge in [-0.2, -0.15) is 5.10 Å². The average molecular weight is 372 g/mol. The molecule has 7 nitrogen and oxygen atoms in total. The van der Waals surface area contributed by atoms with E-state index in [2.05, 4.69) is 20.5 Å². The molecule has 2 heterocycles. The zero-order valence-electron chi connectivity index (χ0n) is 15.0. The fraction of sp³-hybridized carbons (Fsp3) is 0.0476. The van der Waals surface area contributed by atoms with Gasteiger partial charge in [0.2, 0.25) is 0 Å². The number of nitrogens with zero attached hydrogens (tertiary/aromatic N) is 2. The smallest absolute Gasteiger partial charge is 0.276 e. The zero-order chi connectivity index (χ0) is 19.5. The van der Waals surface area contributed by atoms with E-state index in [0.29, 0.717) is 28.0 Å². The summed E-state index contributed by atoms with van der Waals surface area (Å²) in [6, 6.07) is 15.8. The lowest BCUT2D eigenvalue weighted by atomic mass is 10.1. The van der Waals surface area contributed by atoms with Crippen LogP contribution in [-0.4, -0.2) is 21.1 Å². The van der Waals surface area contributed by atoms with Crippen LogP contribution in [-0.2, 0) is 0 Å². The SMILES string of the molecule is Cc1cc(NC(=O)c2n[nH]c(=O)c3ccccc23)ccc1Oc1cccnc1. The second kappa shape index (κ2) is 7.32. The third-order valence-corrected chi connectivity index (χ3v) is 4.21. The third kappa shape index (κ3) is 3.45. The van der Waals surface area contributed by atoms with Gasteiger partial charge in [0, 0.05) is 17.3 Å². The summed E-state index contributed by atoms with van der Waals surface area (Å²) in [6.45, 7) is 1.88. The number of anilines is 1. The van der Waals surface area contributed by atoms with E-state index < -0.39 is 5.91 Å². The summed E-state index contributed by atoms with van der Waals surface area (Å²) in [5, 5.41) is 10.0. The number of fused-ring (bicyclic) bond motifs is 1. The second-order valence-electron chi connectivity index (χ2n) is 6.17. The molecule has 2 N–H and O–H groups in total. The van der Waals surface area contributed by atoms with E-state index in [1.165, 1.54) is 0 Å². The highest BCUT2D eigenvalue weighted by Gasteiger charge is 2.14. The Morgan fingerprint density at radius 2 is 1.89 bits per heavy atom. The minimum Gasteiger partial charge on any atom is -0.455 e. The van der Waals surface area contributed by atoms with E-state index in [1.807, 2.05) is 13.0 Å². The first kappa shape index (κ1) is 17.4. The number of hydrogen-bond donors (Lipinski definition) is 2. The minimum atomic E-state index is -0.409. The lowest BCUT2D eigenvalue weighted by Crippen LogP contribution is -2.19. The molecule has 0 atom stereocenters. The predicted octanol–water partition coefficient (Wildman–Crippen LogP) is 3.67. The van der Waals surface area contributed by atoms with E-state index >= 15 is 0 Å². The summed E-state index contributed by atoms with van der Waals surface area (Å²) in [5.41, 5.74) is 1.27. The molecule has 2 aromatic carbocycles. The molecule has 0 aliphatic rings. The van der Waals surface area contributed by atoms with Gasteiger partial charge in [-0.3, -0.25) is 14.6 Å². The standard InChI is InChI=1S/C21H16N4O3/c1-13-11-14(8-9-18(13)28-15-5-4-10-22-12-15)23-21(27)19-16-6-2-3-7-17(16)20(26)25-24-19/h2-12H,1H3,(H,23,27)(H,25,26). The molecule has 2 aromatic heterocycles. The van der Waals surface area contributed by atoms with E-state index in [0.717, 1.165) is 5.56 Å². The van der Waals surface area contributed by atoms with Gasteiger partial charge in [0.1, 0.15) is 11.5 Å². The van der Waals surface area contributed by atoms with Crippen LogP contribution >= 0.6 is 0 Å². The van der Waals surface area contributed by atoms with E-state index in [9.17, 15) is 9.59 Å². The molecule has 0 radical (unpaired) electrons. The van der Waals surface area contributed by atoms with Crippen molar-refractivity contribution in [1.29, 1.82) is 0 Å². The van der Waals surface area contributed by atoms with Crippen molar-refractivity contribution in [3.8, 4) is 11.5 Å². The fourth-order valence-corrected chi connectivity index (χ4v) is 2.85. The number of rotatable bonds is 4. The van der Waals surface area contributed by atoms with Crippen molar-refractivity contribution < 1.29 is 9.53 Å². The van der Waals surface area contributed by atoms with Gasteiger partial charge in [-0.1, -0.05) is 18.2 Å². The summed E-state index contributed by atoms with van der Waals surface area (Å²) in [4.78, 5) is 28.6. The van der Waals surface area contributed by atoms with Crippen LogP contribution in [0.15, 0.2) is 71.8 Å². The molecule has 0 aliphatic heterocycles. The number of benzene rings is 2. The quantitative estimate of drug-likeness (QED) is 0.570. The molecule has 0 spiro atoms. The fourth-order valence-electron chi connectivity index (χ4n) is 2.85. The lowest BCUT2D eigenvalue weighted by molar-refractivity contribution is 0.102. The van der Waals surface area contributed by atoms with Gasteiger partial charge in [0.15, 0.2) is 5.69 Å². The molecule has 4 rings (SSSR count). The first-order chi connectivity index (χ1) is 13.6. The largest absolute Gasteiger partial charge is 0.455 e. The van der Waals surface area contributed by atoms with Gasteiger partial charge in [-0.25, -0.2) is 5.10 Å². The van der Waals surface area contributed by atoms with Gasteiger partial charge in [0.25, 0.3) is 11.5 Å². The monoisotopic (exact) mass is 372 g/mol. The van der Waals surface area contributed by atoms with Crippen LogP contribution in [0.4, 0.5) is 5.69 Å². The Morgan fingerprint density at radius 1 is 1.07 bits per heavy atom. The maximum absolute atomic E-state index is 12.7. The molecular formula is C21H16N4O3. The minimum absolute atomic E-state index is 0.156. The molecule has 0 saturated carbocycles. The predicted molar refractivity (Wildman–Crippen MR) is 106 cm³/mol. The van der Waals surface area contributed by atoms with Crippen LogP contribution in [0, 0.1) is 6.92 Å². The molecule has 0 fully saturated rings. The first-order valence-electron chi connectivity index (χ1n) is 8.59. The molecule has 7 heteroatoms. The highest BCUT2D eigenvalue weighted by Crippen LogP contribution is 2.27. The Balaban J connectivity index is 1.58. The number of aromatic amines is 1. The number of pyridine rings is 1. The van der Waals surface area contributed by atoms with Gasteiger partial charge in [-0.15, -0.1) is 0 Å². The highest BCUT2D eigenvalue weighted by atomic mass is 16.5. The maximum atomic E-state index is 12.7. The highest BCUT2D eigenvalue weighted by molar-refractivity contribution is 6.11. The molecule has 0 unspecified atom stereocenters. The number of H-pyrrole nitrogens is 1. The Kier molecular flexibility index (Phi) is 4.55. The second-order valence-corrected chi connectivity index (χ2v) is 6.17. The number of amides is 1. The molecule has 138 valence electrons. The van der Waals surface area contributed by atoms with Crippen LogP contribution in [0.3, 0.4) is 0 Å². The number of aromatic nitrogens is 3.